The van der Waals surface area contributed by atoms with Gasteiger partial charge in [-0.2, -0.15) is 0 Å². The molecule has 5 rings (SSSR count). The first-order valence-corrected chi connectivity index (χ1v) is 16.8. The number of rotatable bonds is 10. The number of halogens is 2. The molecule has 1 atom stereocenters. The molecule has 3 aromatic carbocycles. The van der Waals surface area contributed by atoms with Crippen LogP contribution in [-0.4, -0.2) is 54.3 Å². The van der Waals surface area contributed by atoms with E-state index in [1.807, 2.05) is 53.4 Å². The Balaban J connectivity index is 1.28. The number of carbonyl (C=O) groups is 2. The molecule has 2 amide bonds. The minimum atomic E-state index is -0.327. The van der Waals surface area contributed by atoms with Crippen LogP contribution >= 0.6 is 23.2 Å². The molecule has 5 nitrogen and oxygen atoms in total. The van der Waals surface area contributed by atoms with Crippen molar-refractivity contribution in [2.75, 3.05) is 32.7 Å². The fourth-order valence-electron chi connectivity index (χ4n) is 7.21. The van der Waals surface area contributed by atoms with Crippen LogP contribution in [0.1, 0.15) is 80.3 Å². The van der Waals surface area contributed by atoms with Gasteiger partial charge in [0.15, 0.2) is 0 Å². The molecule has 7 heteroatoms. The Morgan fingerprint density at radius 2 is 1.52 bits per heavy atom. The minimum Gasteiger partial charge on any atom is -0.346 e. The molecule has 0 aromatic heterocycles. The van der Waals surface area contributed by atoms with Crippen molar-refractivity contribution in [2.45, 2.75) is 69.7 Å². The molecule has 0 radical (unpaired) electrons. The van der Waals surface area contributed by atoms with Gasteiger partial charge in [0.1, 0.15) is 0 Å². The Morgan fingerprint density at radius 3 is 2.18 bits per heavy atom. The number of nitrogens with one attached hydrogen (secondary N) is 1. The maximum absolute atomic E-state index is 13.5. The first kappa shape index (κ1) is 32.5. The summed E-state index contributed by atoms with van der Waals surface area (Å²) in [5.74, 6) is 0.541. The van der Waals surface area contributed by atoms with E-state index in [1.54, 1.807) is 0 Å². The number of nitrogens with zero attached hydrogens (tertiary/aromatic N) is 2. The summed E-state index contributed by atoms with van der Waals surface area (Å²) in [6, 6.07) is 26.0. The van der Waals surface area contributed by atoms with Crippen LogP contribution in [0.5, 0.6) is 0 Å². The Morgan fingerprint density at radius 1 is 0.841 bits per heavy atom. The summed E-state index contributed by atoms with van der Waals surface area (Å²) in [7, 11) is 0. The van der Waals surface area contributed by atoms with Crippen molar-refractivity contribution >= 4 is 35.0 Å². The van der Waals surface area contributed by atoms with Crippen molar-refractivity contribution in [3.8, 4) is 0 Å². The van der Waals surface area contributed by atoms with Gasteiger partial charge < -0.3 is 15.1 Å². The first-order chi connectivity index (χ1) is 21.2. The van der Waals surface area contributed by atoms with Gasteiger partial charge in [0, 0.05) is 43.6 Å². The van der Waals surface area contributed by atoms with Gasteiger partial charge in [0.25, 0.3) is 5.91 Å². The monoisotopic (exact) mass is 633 g/mol. The molecule has 2 aliphatic heterocycles. The standard InChI is InChI=1S/C37H45Cl2N3O2/c1-28(2)25-34(43)40-37(30-13-7-4-8-14-30)19-23-41(24-20-37)21-9-17-36(31-15-16-32(38)33(39)26-31)18-10-22-42(27-36)35(44)29-11-5-3-6-12-29/h3-8,11-16,26,28H,9-10,17-25,27H2,1-2H3,(H,40,43). The fraction of sp³-hybridized carbons (Fsp3) is 0.459. The summed E-state index contributed by atoms with van der Waals surface area (Å²) in [5, 5.41) is 4.56. The zero-order valence-electron chi connectivity index (χ0n) is 26.0. The number of amides is 2. The van der Waals surface area contributed by atoms with E-state index in [0.717, 1.165) is 75.8 Å². The van der Waals surface area contributed by atoms with Crippen molar-refractivity contribution < 1.29 is 9.59 Å². The molecule has 0 aliphatic carbocycles. The quantitative estimate of drug-likeness (QED) is 0.245. The summed E-state index contributed by atoms with van der Waals surface area (Å²) in [5.41, 5.74) is 2.57. The summed E-state index contributed by atoms with van der Waals surface area (Å²) in [6.45, 7) is 8.42. The molecule has 1 N–H and O–H groups in total. The number of hydrogen-bond donors (Lipinski definition) is 1. The van der Waals surface area contributed by atoms with E-state index in [1.165, 1.54) is 5.56 Å². The van der Waals surface area contributed by atoms with Crippen LogP contribution in [0.3, 0.4) is 0 Å². The smallest absolute Gasteiger partial charge is 0.253 e. The van der Waals surface area contributed by atoms with Crippen LogP contribution in [-0.2, 0) is 15.7 Å². The van der Waals surface area contributed by atoms with Crippen LogP contribution in [0, 0.1) is 5.92 Å². The molecule has 0 bridgehead atoms. The highest BCUT2D eigenvalue weighted by atomic mass is 35.5. The average molecular weight is 635 g/mol. The van der Waals surface area contributed by atoms with Crippen LogP contribution in [0.25, 0.3) is 0 Å². The molecule has 44 heavy (non-hydrogen) atoms. The van der Waals surface area contributed by atoms with Gasteiger partial charge in [0.2, 0.25) is 5.91 Å². The molecule has 2 heterocycles. The topological polar surface area (TPSA) is 52.7 Å². The predicted octanol–water partition coefficient (Wildman–Crippen LogP) is 8.10. The first-order valence-electron chi connectivity index (χ1n) is 16.1. The van der Waals surface area contributed by atoms with E-state index in [2.05, 4.69) is 54.4 Å². The number of piperidine rings is 2. The molecule has 234 valence electrons. The second kappa shape index (κ2) is 14.5. The van der Waals surface area contributed by atoms with Gasteiger partial charge in [-0.1, -0.05) is 91.6 Å². The summed E-state index contributed by atoms with van der Waals surface area (Å²) in [4.78, 5) is 31.0. The van der Waals surface area contributed by atoms with Crippen molar-refractivity contribution in [1.82, 2.24) is 15.1 Å². The highest BCUT2D eigenvalue weighted by molar-refractivity contribution is 6.42. The molecule has 2 fully saturated rings. The third-order valence-corrected chi connectivity index (χ3v) is 10.3. The van der Waals surface area contributed by atoms with E-state index in [4.69, 9.17) is 23.2 Å². The van der Waals surface area contributed by atoms with Crippen LogP contribution < -0.4 is 5.32 Å². The molecular formula is C37H45Cl2N3O2. The molecule has 0 saturated carbocycles. The largest absolute Gasteiger partial charge is 0.346 e. The number of hydrogen-bond acceptors (Lipinski definition) is 3. The average Bonchev–Trinajstić information content (AvgIpc) is 3.03. The molecule has 3 aromatic rings. The van der Waals surface area contributed by atoms with E-state index in [-0.39, 0.29) is 22.8 Å². The second-order valence-electron chi connectivity index (χ2n) is 13.1. The number of benzene rings is 3. The summed E-state index contributed by atoms with van der Waals surface area (Å²) < 4.78 is 0. The van der Waals surface area contributed by atoms with Gasteiger partial charge >= 0.3 is 0 Å². The highest BCUT2D eigenvalue weighted by Crippen LogP contribution is 2.41. The minimum absolute atomic E-state index is 0.0857. The Bertz CT molecular complexity index is 1410. The van der Waals surface area contributed by atoms with Crippen LogP contribution in [0.4, 0.5) is 0 Å². The Labute approximate surface area is 272 Å². The SMILES string of the molecule is CC(C)CC(=O)NC1(c2ccccc2)CCN(CCCC2(c3ccc(Cl)c(Cl)c3)CCCN(C(=O)c3ccccc3)C2)CC1. The van der Waals surface area contributed by atoms with Gasteiger partial charge in [0.05, 0.1) is 15.6 Å². The second-order valence-corrected chi connectivity index (χ2v) is 14.0. The van der Waals surface area contributed by atoms with Gasteiger partial charge in [-0.05, 0) is 86.4 Å². The lowest BCUT2D eigenvalue weighted by Crippen LogP contribution is -2.53. The lowest BCUT2D eigenvalue weighted by Gasteiger charge is -2.45. The zero-order chi connectivity index (χ0) is 31.2. The summed E-state index contributed by atoms with van der Waals surface area (Å²) in [6.07, 6.45) is 6.22. The van der Waals surface area contributed by atoms with Gasteiger partial charge in [-0.15, -0.1) is 0 Å². The summed E-state index contributed by atoms with van der Waals surface area (Å²) >= 11 is 12.9. The highest BCUT2D eigenvalue weighted by Gasteiger charge is 2.40. The maximum atomic E-state index is 13.5. The van der Waals surface area contributed by atoms with E-state index < -0.39 is 0 Å². The van der Waals surface area contributed by atoms with Crippen molar-refractivity contribution in [3.63, 3.8) is 0 Å². The normalized spacial score (nSPS) is 20.4. The van der Waals surface area contributed by atoms with Gasteiger partial charge in [-0.25, -0.2) is 0 Å². The Kier molecular flexibility index (Phi) is 10.7. The third-order valence-electron chi connectivity index (χ3n) is 9.55. The molecule has 2 aliphatic rings. The van der Waals surface area contributed by atoms with Crippen molar-refractivity contribution in [1.29, 1.82) is 0 Å². The lowest BCUT2D eigenvalue weighted by molar-refractivity contribution is -0.124. The fourth-order valence-corrected chi connectivity index (χ4v) is 7.51. The van der Waals surface area contributed by atoms with Crippen LogP contribution in [0.15, 0.2) is 78.9 Å². The van der Waals surface area contributed by atoms with Crippen LogP contribution in [0.2, 0.25) is 10.0 Å². The van der Waals surface area contributed by atoms with Crippen molar-refractivity contribution in [3.05, 3.63) is 106 Å². The number of likely N-dealkylation sites (tertiary alicyclic amines) is 2. The molecular weight excluding hydrogens is 589 g/mol. The van der Waals surface area contributed by atoms with E-state index >= 15 is 0 Å². The van der Waals surface area contributed by atoms with Gasteiger partial charge in [-0.3, -0.25) is 9.59 Å². The third kappa shape index (κ3) is 7.67. The van der Waals surface area contributed by atoms with E-state index in [0.29, 0.717) is 28.9 Å². The lowest BCUT2D eigenvalue weighted by atomic mass is 9.70. The zero-order valence-corrected chi connectivity index (χ0v) is 27.5. The number of carbonyl (C=O) groups excluding carboxylic acids is 2. The molecule has 2 saturated heterocycles. The molecule has 1 unspecified atom stereocenters. The predicted molar refractivity (Wildman–Crippen MR) is 180 cm³/mol. The molecule has 0 spiro atoms. The maximum Gasteiger partial charge on any atom is 0.253 e. The Hall–Kier alpha value is -2.86. The van der Waals surface area contributed by atoms with E-state index in [9.17, 15) is 9.59 Å². The van der Waals surface area contributed by atoms with Crippen molar-refractivity contribution in [2.24, 2.45) is 5.92 Å².